The van der Waals surface area contributed by atoms with E-state index in [0.29, 0.717) is 0 Å². The van der Waals surface area contributed by atoms with Crippen molar-refractivity contribution < 1.29 is 22.1 Å². The van der Waals surface area contributed by atoms with Gasteiger partial charge in [0, 0.05) is 5.56 Å². The zero-order valence-corrected chi connectivity index (χ0v) is 14.0. The minimum Gasteiger partial charge on any atom is -0.453 e. The van der Waals surface area contributed by atoms with Crippen molar-refractivity contribution in [2.75, 3.05) is 0 Å². The summed E-state index contributed by atoms with van der Waals surface area (Å²) >= 11 is 0. The number of ether oxygens (including phenoxy) is 2. The molecule has 0 N–H and O–H groups in total. The molecular formula is C18H18O5S. The summed E-state index contributed by atoms with van der Waals surface area (Å²) in [7, 11) is -3.84. The Morgan fingerprint density at radius 1 is 0.958 bits per heavy atom. The van der Waals surface area contributed by atoms with Gasteiger partial charge in [0.25, 0.3) is 15.9 Å². The normalized spacial score (nSPS) is 17.0. The Hall–Kier alpha value is -2.31. The number of hydrogen-bond acceptors (Lipinski definition) is 5. The van der Waals surface area contributed by atoms with Crippen LogP contribution in [0.5, 0.6) is 0 Å². The third kappa shape index (κ3) is 3.44. The molecule has 1 aliphatic rings. The largest absolute Gasteiger partial charge is 0.453 e. The molecule has 0 fully saturated rings. The van der Waals surface area contributed by atoms with Gasteiger partial charge in [-0.05, 0) is 19.1 Å². The van der Waals surface area contributed by atoms with Gasteiger partial charge in [0.15, 0.2) is 0 Å². The Kier molecular flexibility index (Phi) is 4.59. The van der Waals surface area contributed by atoms with Crippen LogP contribution in [-0.4, -0.2) is 14.5 Å². The molecule has 1 atom stereocenters. The van der Waals surface area contributed by atoms with E-state index < -0.39 is 22.0 Å². The first-order valence-corrected chi connectivity index (χ1v) is 8.97. The topological polar surface area (TPSA) is 61.8 Å². The van der Waals surface area contributed by atoms with Crippen LogP contribution in [0.3, 0.4) is 0 Å². The molecule has 0 aromatic heterocycles. The average molecular weight is 346 g/mol. The highest BCUT2D eigenvalue weighted by Gasteiger charge is 2.40. The van der Waals surface area contributed by atoms with Gasteiger partial charge in [-0.25, -0.2) is 0 Å². The van der Waals surface area contributed by atoms with Crippen molar-refractivity contribution in [1.82, 2.24) is 0 Å². The first-order chi connectivity index (χ1) is 11.5. The van der Waals surface area contributed by atoms with Crippen molar-refractivity contribution >= 4 is 10.1 Å². The van der Waals surface area contributed by atoms with Crippen LogP contribution < -0.4 is 0 Å². The van der Waals surface area contributed by atoms with E-state index in [4.69, 9.17) is 13.7 Å². The lowest BCUT2D eigenvalue weighted by Crippen LogP contribution is -2.33. The molecule has 1 aliphatic heterocycles. The van der Waals surface area contributed by atoms with Gasteiger partial charge in [0.1, 0.15) is 12.5 Å². The summed E-state index contributed by atoms with van der Waals surface area (Å²) in [5, 5.41) is 0. The molecule has 0 amide bonds. The fourth-order valence-corrected chi connectivity index (χ4v) is 3.72. The third-order valence-electron chi connectivity index (χ3n) is 3.67. The first-order valence-electron chi connectivity index (χ1n) is 7.56. The van der Waals surface area contributed by atoms with Crippen molar-refractivity contribution in [2.24, 2.45) is 0 Å². The van der Waals surface area contributed by atoms with Gasteiger partial charge in [0.2, 0.25) is 0 Å². The molecule has 0 radical (unpaired) electrons. The van der Waals surface area contributed by atoms with Crippen molar-refractivity contribution in [1.29, 1.82) is 0 Å². The fraction of sp³-hybridized carbons (Fsp3) is 0.222. The second kappa shape index (κ2) is 6.67. The molecule has 0 bridgehead atoms. The molecule has 1 unspecified atom stereocenters. The Morgan fingerprint density at radius 3 is 2.08 bits per heavy atom. The number of rotatable bonds is 6. The molecular weight excluding hydrogens is 328 g/mol. The molecule has 1 heterocycles. The molecule has 0 saturated carbocycles. The zero-order chi connectivity index (χ0) is 17.0. The van der Waals surface area contributed by atoms with Crippen molar-refractivity contribution in [2.45, 2.75) is 30.1 Å². The van der Waals surface area contributed by atoms with Crippen LogP contribution >= 0.6 is 0 Å². The highest BCUT2D eigenvalue weighted by atomic mass is 32.2. The van der Waals surface area contributed by atoms with Crippen LogP contribution in [-0.2, 0) is 29.6 Å². The number of hydrogen-bond donors (Lipinski definition) is 0. The van der Waals surface area contributed by atoms with E-state index in [0.717, 1.165) is 5.56 Å². The fourth-order valence-electron chi connectivity index (χ4n) is 2.62. The van der Waals surface area contributed by atoms with Gasteiger partial charge in [-0.15, -0.1) is 0 Å². The number of benzene rings is 2. The Bertz CT molecular complexity index is 792. The maximum Gasteiger partial charge on any atom is 0.297 e. The quantitative estimate of drug-likeness (QED) is 0.749. The van der Waals surface area contributed by atoms with Crippen LogP contribution in [0.15, 0.2) is 78.1 Å². The van der Waals surface area contributed by atoms with Crippen LogP contribution in [0.25, 0.3) is 0 Å². The Morgan fingerprint density at radius 2 is 1.50 bits per heavy atom. The molecule has 0 aliphatic carbocycles. The lowest BCUT2D eigenvalue weighted by molar-refractivity contribution is -0.167. The highest BCUT2D eigenvalue weighted by Crippen LogP contribution is 2.37. The molecule has 24 heavy (non-hydrogen) atoms. The van der Waals surface area contributed by atoms with Gasteiger partial charge in [-0.1, -0.05) is 48.5 Å². The van der Waals surface area contributed by atoms with Crippen molar-refractivity contribution in [3.63, 3.8) is 0 Å². The molecule has 3 rings (SSSR count). The predicted octanol–water partition coefficient (Wildman–Crippen LogP) is 3.54. The molecule has 6 heteroatoms. The third-order valence-corrected chi connectivity index (χ3v) is 5.10. The SMILES string of the molecule is CC(CC1(c2ccccc2)OC=CO1)OS(=O)(=O)c1ccccc1. The second-order valence-electron chi connectivity index (χ2n) is 5.50. The van der Waals surface area contributed by atoms with Crippen LogP contribution in [0.4, 0.5) is 0 Å². The van der Waals surface area contributed by atoms with E-state index in [2.05, 4.69) is 0 Å². The first kappa shape index (κ1) is 16.5. The summed E-state index contributed by atoms with van der Waals surface area (Å²) < 4.78 is 41.3. The summed E-state index contributed by atoms with van der Waals surface area (Å²) in [6.07, 6.45) is 2.47. The van der Waals surface area contributed by atoms with E-state index in [1.54, 1.807) is 25.1 Å². The van der Waals surface area contributed by atoms with Gasteiger partial charge in [0.05, 0.1) is 17.4 Å². The van der Waals surface area contributed by atoms with Gasteiger partial charge in [-0.3, -0.25) is 4.18 Å². The van der Waals surface area contributed by atoms with E-state index in [1.165, 1.54) is 24.7 Å². The standard InChI is InChI=1S/C18H18O5S/c1-15(23-24(19,20)17-10-6-3-7-11-17)14-18(21-12-13-22-18)16-8-4-2-5-9-16/h2-13,15H,14H2,1H3. The molecule has 0 saturated heterocycles. The highest BCUT2D eigenvalue weighted by molar-refractivity contribution is 7.86. The van der Waals surface area contributed by atoms with E-state index in [1.807, 2.05) is 30.3 Å². The van der Waals surface area contributed by atoms with Gasteiger partial charge < -0.3 is 9.47 Å². The maximum absolute atomic E-state index is 12.3. The molecule has 2 aromatic carbocycles. The lowest BCUT2D eigenvalue weighted by Gasteiger charge is -2.30. The second-order valence-corrected chi connectivity index (χ2v) is 7.08. The van der Waals surface area contributed by atoms with Crippen LogP contribution in [0.2, 0.25) is 0 Å². The molecule has 5 nitrogen and oxygen atoms in total. The van der Waals surface area contributed by atoms with Gasteiger partial charge in [-0.2, -0.15) is 8.42 Å². The predicted molar refractivity (Wildman–Crippen MR) is 88.2 cm³/mol. The van der Waals surface area contributed by atoms with Crippen LogP contribution in [0.1, 0.15) is 18.9 Å². The minimum absolute atomic E-state index is 0.122. The average Bonchev–Trinajstić information content (AvgIpc) is 3.05. The molecule has 2 aromatic rings. The van der Waals surface area contributed by atoms with Crippen molar-refractivity contribution in [3.8, 4) is 0 Å². The monoisotopic (exact) mass is 346 g/mol. The smallest absolute Gasteiger partial charge is 0.297 e. The van der Waals surface area contributed by atoms with Crippen molar-refractivity contribution in [3.05, 3.63) is 78.8 Å². The maximum atomic E-state index is 12.3. The van der Waals surface area contributed by atoms with E-state index in [9.17, 15) is 8.42 Å². The summed E-state index contributed by atoms with van der Waals surface area (Å²) in [4.78, 5) is 0.122. The zero-order valence-electron chi connectivity index (χ0n) is 13.2. The summed E-state index contributed by atoms with van der Waals surface area (Å²) in [5.74, 6) is -1.08. The Balaban J connectivity index is 1.77. The Labute approximate surface area is 141 Å². The molecule has 126 valence electrons. The minimum atomic E-state index is -3.84. The van der Waals surface area contributed by atoms with Gasteiger partial charge >= 0.3 is 0 Å². The molecule has 0 spiro atoms. The van der Waals surface area contributed by atoms with E-state index in [-0.39, 0.29) is 11.3 Å². The lowest BCUT2D eigenvalue weighted by atomic mass is 10.00. The van der Waals surface area contributed by atoms with Crippen LogP contribution in [0, 0.1) is 0 Å². The summed E-state index contributed by atoms with van der Waals surface area (Å²) in [6, 6.07) is 17.4. The summed E-state index contributed by atoms with van der Waals surface area (Å²) in [5.41, 5.74) is 0.794. The van der Waals surface area contributed by atoms with E-state index >= 15 is 0 Å². The summed E-state index contributed by atoms with van der Waals surface area (Å²) in [6.45, 7) is 1.68.